The maximum atomic E-state index is 12.7. The van der Waals surface area contributed by atoms with Crippen molar-refractivity contribution in [3.8, 4) is 0 Å². The number of hydrogen-bond acceptors (Lipinski definition) is 3. The summed E-state index contributed by atoms with van der Waals surface area (Å²) in [6, 6.07) is 9.51. The Kier molecular flexibility index (Phi) is 4.02. The lowest BCUT2D eigenvalue weighted by Crippen LogP contribution is -2.61. The Morgan fingerprint density at radius 3 is 2.67 bits per heavy atom. The molecule has 0 aliphatic carbocycles. The molecule has 1 aliphatic heterocycles. The van der Waals surface area contributed by atoms with Crippen molar-refractivity contribution in [1.29, 1.82) is 0 Å². The number of hydrogen-bond donors (Lipinski definition) is 1. The molecule has 0 amide bonds. The summed E-state index contributed by atoms with van der Waals surface area (Å²) in [7, 11) is 1.68. The number of ether oxygens (including phenoxy) is 1. The number of hydroxylamine groups is 3. The van der Waals surface area contributed by atoms with Crippen LogP contribution < -0.4 is 0 Å². The quantitative estimate of drug-likeness (QED) is 0.659. The van der Waals surface area contributed by atoms with Crippen LogP contribution >= 0.6 is 0 Å². The second kappa shape index (κ2) is 5.36. The van der Waals surface area contributed by atoms with Crippen molar-refractivity contribution in [2.75, 3.05) is 20.3 Å². The zero-order chi connectivity index (χ0) is 13.2. The van der Waals surface area contributed by atoms with E-state index in [0.29, 0.717) is 13.0 Å². The maximum absolute atomic E-state index is 12.7. The summed E-state index contributed by atoms with van der Waals surface area (Å²) in [5, 5.41) is 21.7. The number of likely N-dealkylation sites (N-methyl/N-ethyl adjacent to an activating group) is 1. The van der Waals surface area contributed by atoms with Crippen LogP contribution in [0.4, 0.5) is 0 Å². The standard InChI is InChI=1S/C14H21NO3/c1-11-14(12-6-4-3-5-7-12)18-10-13(8-9-16)15(11,2)17/h3-7,11,13-14,16H,8-10H2,1-2H3/t11-,13+,14+,15?/m0/s1. The van der Waals surface area contributed by atoms with Crippen molar-refractivity contribution in [1.82, 2.24) is 0 Å². The van der Waals surface area contributed by atoms with Gasteiger partial charge in [-0.2, -0.15) is 0 Å². The third-order valence-electron chi connectivity index (χ3n) is 4.03. The molecule has 0 bridgehead atoms. The fourth-order valence-corrected chi connectivity index (χ4v) is 2.61. The molecule has 1 unspecified atom stereocenters. The van der Waals surface area contributed by atoms with Gasteiger partial charge in [-0.05, 0) is 12.5 Å². The lowest BCUT2D eigenvalue weighted by Gasteiger charge is -2.55. The molecule has 4 heteroatoms. The first kappa shape index (κ1) is 13.5. The molecule has 18 heavy (non-hydrogen) atoms. The molecule has 2 rings (SSSR count). The summed E-state index contributed by atoms with van der Waals surface area (Å²) in [4.78, 5) is 0. The minimum atomic E-state index is -0.347. The van der Waals surface area contributed by atoms with Gasteiger partial charge in [-0.1, -0.05) is 30.3 Å². The van der Waals surface area contributed by atoms with E-state index in [2.05, 4.69) is 0 Å². The molecule has 1 aromatic carbocycles. The lowest BCUT2D eigenvalue weighted by molar-refractivity contribution is -0.923. The Labute approximate surface area is 108 Å². The molecule has 4 atom stereocenters. The zero-order valence-corrected chi connectivity index (χ0v) is 11.0. The van der Waals surface area contributed by atoms with Crippen LogP contribution in [0.3, 0.4) is 0 Å². The maximum Gasteiger partial charge on any atom is 0.134 e. The molecule has 1 aromatic rings. The van der Waals surface area contributed by atoms with Gasteiger partial charge in [0.25, 0.3) is 0 Å². The highest BCUT2D eigenvalue weighted by molar-refractivity contribution is 5.19. The van der Waals surface area contributed by atoms with Gasteiger partial charge in [0, 0.05) is 13.0 Å². The summed E-state index contributed by atoms with van der Waals surface area (Å²) < 4.78 is 5.50. The third kappa shape index (κ3) is 2.42. The molecule has 100 valence electrons. The molecule has 1 heterocycles. The summed E-state index contributed by atoms with van der Waals surface area (Å²) in [6.45, 7) is 2.37. The Morgan fingerprint density at radius 2 is 2.06 bits per heavy atom. The highest BCUT2D eigenvalue weighted by atomic mass is 16.6. The van der Waals surface area contributed by atoms with Crippen molar-refractivity contribution in [3.63, 3.8) is 0 Å². The molecule has 0 saturated carbocycles. The molecule has 1 aliphatic rings. The van der Waals surface area contributed by atoms with Gasteiger partial charge < -0.3 is 19.7 Å². The highest BCUT2D eigenvalue weighted by Crippen LogP contribution is 2.35. The Morgan fingerprint density at radius 1 is 1.39 bits per heavy atom. The van der Waals surface area contributed by atoms with Gasteiger partial charge in [0.2, 0.25) is 0 Å². The monoisotopic (exact) mass is 251 g/mol. The second-order valence-electron chi connectivity index (χ2n) is 5.13. The molecule has 0 aromatic heterocycles. The number of benzene rings is 1. The van der Waals surface area contributed by atoms with E-state index in [1.54, 1.807) is 7.05 Å². The van der Waals surface area contributed by atoms with Crippen LogP contribution in [-0.4, -0.2) is 42.1 Å². The van der Waals surface area contributed by atoms with Crippen LogP contribution in [0.5, 0.6) is 0 Å². The van der Waals surface area contributed by atoms with Crippen molar-refractivity contribution < 1.29 is 14.5 Å². The normalized spacial score (nSPS) is 36.6. The van der Waals surface area contributed by atoms with Crippen molar-refractivity contribution in [2.24, 2.45) is 0 Å². The second-order valence-corrected chi connectivity index (χ2v) is 5.13. The van der Waals surface area contributed by atoms with Crippen LogP contribution in [0.1, 0.15) is 25.0 Å². The number of rotatable bonds is 3. The number of quaternary nitrogens is 1. The average molecular weight is 251 g/mol. The van der Waals surface area contributed by atoms with E-state index in [1.165, 1.54) is 0 Å². The molecule has 0 spiro atoms. The first-order valence-corrected chi connectivity index (χ1v) is 6.41. The number of aliphatic hydroxyl groups excluding tert-OH is 1. The molecule has 1 fully saturated rings. The Bertz CT molecular complexity index is 380. The van der Waals surface area contributed by atoms with E-state index < -0.39 is 0 Å². The topological polar surface area (TPSA) is 52.5 Å². The zero-order valence-electron chi connectivity index (χ0n) is 11.0. The molecule has 4 nitrogen and oxygen atoms in total. The molecule has 1 N–H and O–H groups in total. The molecule has 0 radical (unpaired) electrons. The first-order chi connectivity index (χ1) is 8.57. The molecule has 1 saturated heterocycles. The summed E-state index contributed by atoms with van der Waals surface area (Å²) >= 11 is 0. The van der Waals surface area contributed by atoms with E-state index >= 15 is 0 Å². The summed E-state index contributed by atoms with van der Waals surface area (Å²) in [5.74, 6) is 0. The van der Waals surface area contributed by atoms with E-state index in [-0.39, 0.29) is 29.4 Å². The van der Waals surface area contributed by atoms with Crippen LogP contribution in [0, 0.1) is 5.21 Å². The minimum Gasteiger partial charge on any atom is -0.632 e. The van der Waals surface area contributed by atoms with Crippen molar-refractivity contribution in [2.45, 2.75) is 31.5 Å². The lowest BCUT2D eigenvalue weighted by atomic mass is 9.97. The van der Waals surface area contributed by atoms with Crippen LogP contribution in [0.2, 0.25) is 0 Å². The number of morpholine rings is 1. The SMILES string of the molecule is C[C@H]1[C@H](c2ccccc2)OC[C@@H](CCO)[N+]1(C)[O-]. The largest absolute Gasteiger partial charge is 0.632 e. The third-order valence-corrected chi connectivity index (χ3v) is 4.03. The fourth-order valence-electron chi connectivity index (χ4n) is 2.61. The predicted octanol–water partition coefficient (Wildman–Crippen LogP) is 1.84. The van der Waals surface area contributed by atoms with E-state index in [1.807, 2.05) is 37.3 Å². The van der Waals surface area contributed by atoms with Crippen molar-refractivity contribution >= 4 is 0 Å². The van der Waals surface area contributed by atoms with Gasteiger partial charge in [0.1, 0.15) is 24.8 Å². The smallest absolute Gasteiger partial charge is 0.134 e. The van der Waals surface area contributed by atoms with E-state index in [9.17, 15) is 5.21 Å². The fraction of sp³-hybridized carbons (Fsp3) is 0.571. The van der Waals surface area contributed by atoms with Gasteiger partial charge >= 0.3 is 0 Å². The predicted molar refractivity (Wildman–Crippen MR) is 69.6 cm³/mol. The molecular weight excluding hydrogens is 230 g/mol. The summed E-state index contributed by atoms with van der Waals surface area (Å²) in [6.07, 6.45) is 0.329. The van der Waals surface area contributed by atoms with Gasteiger partial charge in [0.05, 0.1) is 7.05 Å². The summed E-state index contributed by atoms with van der Waals surface area (Å²) in [5.41, 5.74) is 1.05. The van der Waals surface area contributed by atoms with Crippen molar-refractivity contribution in [3.05, 3.63) is 41.1 Å². The van der Waals surface area contributed by atoms with E-state index in [4.69, 9.17) is 9.84 Å². The molecular formula is C14H21NO3. The van der Waals surface area contributed by atoms with Crippen LogP contribution in [0.25, 0.3) is 0 Å². The highest BCUT2D eigenvalue weighted by Gasteiger charge is 2.41. The average Bonchev–Trinajstić information content (AvgIpc) is 2.37. The first-order valence-electron chi connectivity index (χ1n) is 6.41. The Hall–Kier alpha value is -0.940. The van der Waals surface area contributed by atoms with Gasteiger partial charge in [-0.3, -0.25) is 0 Å². The van der Waals surface area contributed by atoms with E-state index in [0.717, 1.165) is 5.56 Å². The number of nitrogens with zero attached hydrogens (tertiary/aromatic N) is 1. The number of aliphatic hydroxyl groups is 1. The van der Waals surface area contributed by atoms with Gasteiger partial charge in [-0.15, -0.1) is 0 Å². The van der Waals surface area contributed by atoms with Gasteiger partial charge in [0.15, 0.2) is 0 Å². The van der Waals surface area contributed by atoms with Crippen LogP contribution in [-0.2, 0) is 4.74 Å². The Balaban J connectivity index is 2.19. The minimum absolute atomic E-state index is 0.0346. The van der Waals surface area contributed by atoms with Gasteiger partial charge in [-0.25, -0.2) is 0 Å². The van der Waals surface area contributed by atoms with Crippen LogP contribution in [0.15, 0.2) is 30.3 Å².